The van der Waals surface area contributed by atoms with E-state index >= 15 is 0 Å². The van der Waals surface area contributed by atoms with Gasteiger partial charge in [-0.25, -0.2) is 0 Å². The molecular formula is C12H9ClN4O4S. The molecule has 3 rings (SSSR count). The minimum absolute atomic E-state index is 0.0723. The molecular weight excluding hydrogens is 332 g/mol. The molecule has 0 spiro atoms. The number of imide groups is 1. The minimum Gasteiger partial charge on any atom is -0.406 e. The number of halogens is 1. The molecule has 22 heavy (non-hydrogen) atoms. The van der Waals surface area contributed by atoms with Crippen molar-refractivity contribution in [2.24, 2.45) is 0 Å². The van der Waals surface area contributed by atoms with Gasteiger partial charge >= 0.3 is 6.01 Å². The van der Waals surface area contributed by atoms with Gasteiger partial charge in [-0.15, -0.1) is 16.4 Å². The topological polar surface area (TPSA) is 105 Å². The number of rotatable bonds is 4. The lowest BCUT2D eigenvalue weighted by Gasteiger charge is -2.09. The average Bonchev–Trinajstić information content (AvgIpc) is 3.17. The monoisotopic (exact) mass is 340 g/mol. The number of likely N-dealkylation sites (tertiary alicyclic amines) is 1. The van der Waals surface area contributed by atoms with Gasteiger partial charge in [-0.1, -0.05) is 16.7 Å². The van der Waals surface area contributed by atoms with E-state index in [4.69, 9.17) is 16.0 Å². The Morgan fingerprint density at radius 2 is 2.05 bits per heavy atom. The highest BCUT2D eigenvalue weighted by Crippen LogP contribution is 2.22. The van der Waals surface area contributed by atoms with Crippen LogP contribution in [0.15, 0.2) is 16.5 Å². The van der Waals surface area contributed by atoms with Crippen LogP contribution in [0.1, 0.15) is 28.4 Å². The average molecular weight is 341 g/mol. The van der Waals surface area contributed by atoms with Crippen LogP contribution >= 0.6 is 22.9 Å². The smallest absolute Gasteiger partial charge is 0.322 e. The summed E-state index contributed by atoms with van der Waals surface area (Å²) in [5.74, 6) is -0.910. The Kier molecular flexibility index (Phi) is 3.90. The highest BCUT2D eigenvalue weighted by atomic mass is 35.5. The summed E-state index contributed by atoms with van der Waals surface area (Å²) in [6.45, 7) is -0.0919. The van der Waals surface area contributed by atoms with E-state index in [1.165, 1.54) is 0 Å². The van der Waals surface area contributed by atoms with Gasteiger partial charge in [0.25, 0.3) is 5.91 Å². The zero-order chi connectivity index (χ0) is 15.7. The van der Waals surface area contributed by atoms with Crippen molar-refractivity contribution < 1.29 is 18.8 Å². The van der Waals surface area contributed by atoms with E-state index in [2.05, 4.69) is 15.5 Å². The van der Waals surface area contributed by atoms with Crippen LogP contribution in [0.25, 0.3) is 0 Å². The maximum atomic E-state index is 11.9. The first-order valence-electron chi connectivity index (χ1n) is 6.25. The summed E-state index contributed by atoms with van der Waals surface area (Å²) in [6.07, 6.45) is 0.380. The minimum atomic E-state index is -0.430. The fraction of sp³-hybridized carbons (Fsp3) is 0.250. The fourth-order valence-corrected chi connectivity index (χ4v) is 2.84. The third kappa shape index (κ3) is 3.00. The molecule has 1 N–H and O–H groups in total. The number of aromatic nitrogens is 2. The Balaban J connectivity index is 1.65. The van der Waals surface area contributed by atoms with Crippen molar-refractivity contribution in [1.82, 2.24) is 15.1 Å². The first-order valence-corrected chi connectivity index (χ1v) is 7.44. The number of hydrogen-bond donors (Lipinski definition) is 1. The molecule has 0 radical (unpaired) electrons. The summed E-state index contributed by atoms with van der Waals surface area (Å²) in [5.41, 5.74) is 0. The maximum Gasteiger partial charge on any atom is 0.322 e. The lowest BCUT2D eigenvalue weighted by Crippen LogP contribution is -2.28. The van der Waals surface area contributed by atoms with Gasteiger partial charge in [0.05, 0.1) is 9.21 Å². The fourth-order valence-electron chi connectivity index (χ4n) is 1.90. The lowest BCUT2D eigenvalue weighted by atomic mass is 10.4. The number of hydrogen-bond acceptors (Lipinski definition) is 7. The molecule has 114 valence electrons. The normalized spacial score (nSPS) is 14.7. The van der Waals surface area contributed by atoms with Crippen molar-refractivity contribution in [3.8, 4) is 0 Å². The summed E-state index contributed by atoms with van der Waals surface area (Å²) in [4.78, 5) is 36.3. The van der Waals surface area contributed by atoms with Crippen LogP contribution in [0, 0.1) is 0 Å². The number of nitrogens with zero attached hydrogens (tertiary/aromatic N) is 3. The zero-order valence-corrected chi connectivity index (χ0v) is 12.6. The highest BCUT2D eigenvalue weighted by Gasteiger charge is 2.30. The Bertz CT molecular complexity index is 740. The largest absolute Gasteiger partial charge is 0.406 e. The van der Waals surface area contributed by atoms with Gasteiger partial charge in [-0.05, 0) is 12.1 Å². The first-order chi connectivity index (χ1) is 10.5. The van der Waals surface area contributed by atoms with E-state index < -0.39 is 5.91 Å². The predicted octanol–water partition coefficient (Wildman–Crippen LogP) is 1.69. The highest BCUT2D eigenvalue weighted by molar-refractivity contribution is 7.18. The molecule has 2 aromatic rings. The van der Waals surface area contributed by atoms with Crippen LogP contribution in [-0.2, 0) is 16.1 Å². The van der Waals surface area contributed by atoms with Gasteiger partial charge in [0, 0.05) is 12.8 Å². The van der Waals surface area contributed by atoms with E-state index in [1.807, 2.05) is 0 Å². The molecule has 10 heteroatoms. The SMILES string of the molecule is O=C(Nc1nnc(CN2C(=O)CCC2=O)o1)c1ccc(Cl)s1. The quantitative estimate of drug-likeness (QED) is 0.849. The maximum absolute atomic E-state index is 11.9. The van der Waals surface area contributed by atoms with Crippen molar-refractivity contribution >= 4 is 46.7 Å². The molecule has 0 aliphatic carbocycles. The number of thiophene rings is 1. The Morgan fingerprint density at radius 3 is 2.68 bits per heavy atom. The number of carbonyl (C=O) groups excluding carboxylic acids is 3. The molecule has 1 aliphatic rings. The second-order valence-electron chi connectivity index (χ2n) is 4.43. The summed E-state index contributed by atoms with van der Waals surface area (Å²) >= 11 is 6.87. The van der Waals surface area contributed by atoms with E-state index in [0.717, 1.165) is 16.2 Å². The Hall–Kier alpha value is -2.26. The van der Waals surface area contributed by atoms with Crippen LogP contribution in [-0.4, -0.2) is 32.8 Å². The van der Waals surface area contributed by atoms with E-state index in [9.17, 15) is 14.4 Å². The van der Waals surface area contributed by atoms with Gasteiger partial charge in [0.1, 0.15) is 6.54 Å². The first kappa shape index (κ1) is 14.7. The molecule has 0 atom stereocenters. The number of anilines is 1. The van der Waals surface area contributed by atoms with Crippen LogP contribution in [0.3, 0.4) is 0 Å². The van der Waals surface area contributed by atoms with Crippen molar-refractivity contribution in [2.45, 2.75) is 19.4 Å². The molecule has 0 bridgehead atoms. The third-order valence-corrected chi connectivity index (χ3v) is 4.16. The zero-order valence-electron chi connectivity index (χ0n) is 11.0. The van der Waals surface area contributed by atoms with E-state index in [1.54, 1.807) is 12.1 Å². The van der Waals surface area contributed by atoms with Crippen LogP contribution in [0.2, 0.25) is 4.34 Å². The molecule has 8 nitrogen and oxygen atoms in total. The lowest BCUT2D eigenvalue weighted by molar-refractivity contribution is -0.139. The summed E-state index contributed by atoms with van der Waals surface area (Å²) in [7, 11) is 0. The molecule has 0 aromatic carbocycles. The molecule has 1 fully saturated rings. The second kappa shape index (κ2) is 5.85. The van der Waals surface area contributed by atoms with E-state index in [-0.39, 0.29) is 43.1 Å². The predicted molar refractivity (Wildman–Crippen MR) is 76.4 cm³/mol. The number of amides is 3. The van der Waals surface area contributed by atoms with Gasteiger partial charge in [0.15, 0.2) is 0 Å². The van der Waals surface area contributed by atoms with Crippen LogP contribution < -0.4 is 5.32 Å². The molecule has 3 amide bonds. The van der Waals surface area contributed by atoms with Crippen molar-refractivity contribution in [3.63, 3.8) is 0 Å². The molecule has 0 saturated carbocycles. The van der Waals surface area contributed by atoms with Crippen molar-refractivity contribution in [3.05, 3.63) is 27.2 Å². The van der Waals surface area contributed by atoms with Gasteiger partial charge in [-0.2, -0.15) is 0 Å². The molecule has 3 heterocycles. The molecule has 2 aromatic heterocycles. The standard InChI is InChI=1S/C12H9ClN4O4S/c13-7-2-1-6(22-7)11(20)14-12-16-15-8(21-12)5-17-9(18)3-4-10(17)19/h1-2H,3-5H2,(H,14,16,20). The summed E-state index contributed by atoms with van der Waals surface area (Å²) in [6, 6.07) is 3.07. The van der Waals surface area contributed by atoms with E-state index in [0.29, 0.717) is 9.21 Å². The molecule has 1 aliphatic heterocycles. The Morgan fingerprint density at radius 1 is 1.32 bits per heavy atom. The summed E-state index contributed by atoms with van der Waals surface area (Å²) in [5, 5.41) is 9.78. The number of nitrogens with one attached hydrogen (secondary N) is 1. The molecule has 1 saturated heterocycles. The summed E-state index contributed by atoms with van der Waals surface area (Å²) < 4.78 is 5.70. The number of carbonyl (C=O) groups is 3. The van der Waals surface area contributed by atoms with Crippen molar-refractivity contribution in [2.75, 3.05) is 5.32 Å². The molecule has 0 unspecified atom stereocenters. The van der Waals surface area contributed by atoms with Crippen LogP contribution in [0.4, 0.5) is 6.01 Å². The Labute approximate surface area is 133 Å². The van der Waals surface area contributed by atoms with Gasteiger partial charge < -0.3 is 4.42 Å². The second-order valence-corrected chi connectivity index (χ2v) is 6.15. The third-order valence-electron chi connectivity index (χ3n) is 2.93. The van der Waals surface area contributed by atoms with Gasteiger partial charge in [0.2, 0.25) is 17.7 Å². The van der Waals surface area contributed by atoms with Crippen molar-refractivity contribution in [1.29, 1.82) is 0 Å². The van der Waals surface area contributed by atoms with Crippen LogP contribution in [0.5, 0.6) is 0 Å². The van der Waals surface area contributed by atoms with Gasteiger partial charge in [-0.3, -0.25) is 24.6 Å².